The second kappa shape index (κ2) is 5.75. The van der Waals surface area contributed by atoms with Crippen LogP contribution in [0.15, 0.2) is 4.52 Å². The molecule has 2 aliphatic rings. The maximum Gasteiger partial charge on any atom is 0.242 e. The van der Waals surface area contributed by atoms with Crippen molar-refractivity contribution in [2.75, 3.05) is 13.1 Å². The molecule has 1 saturated heterocycles. The van der Waals surface area contributed by atoms with Gasteiger partial charge < -0.3 is 15.2 Å². The maximum absolute atomic E-state index is 12.7. The van der Waals surface area contributed by atoms with Gasteiger partial charge in [-0.15, -0.1) is 0 Å². The third kappa shape index (κ3) is 3.10. The Balaban J connectivity index is 1.61. The van der Waals surface area contributed by atoms with Gasteiger partial charge in [-0.3, -0.25) is 4.79 Å². The van der Waals surface area contributed by atoms with Crippen LogP contribution in [0.1, 0.15) is 50.2 Å². The smallest absolute Gasteiger partial charge is 0.242 e. The number of aromatic nitrogens is 2. The van der Waals surface area contributed by atoms with E-state index in [1.165, 1.54) is 0 Å². The van der Waals surface area contributed by atoms with Crippen LogP contribution in [0.25, 0.3) is 0 Å². The zero-order valence-corrected chi connectivity index (χ0v) is 12.7. The lowest BCUT2D eigenvalue weighted by Gasteiger charge is -2.37. The number of piperidine rings is 1. The Morgan fingerprint density at radius 2 is 2.19 bits per heavy atom. The van der Waals surface area contributed by atoms with Crippen LogP contribution in [0.3, 0.4) is 0 Å². The van der Waals surface area contributed by atoms with Crippen LogP contribution in [-0.4, -0.2) is 39.6 Å². The number of hydrogen-bond donors (Lipinski definition) is 1. The van der Waals surface area contributed by atoms with Crippen LogP contribution in [0.5, 0.6) is 0 Å². The van der Waals surface area contributed by atoms with Crippen LogP contribution in [0.2, 0.25) is 0 Å². The number of hydrogen-bond acceptors (Lipinski definition) is 5. The first-order valence-electron chi connectivity index (χ1n) is 7.94. The first-order valence-corrected chi connectivity index (χ1v) is 7.94. The minimum Gasteiger partial charge on any atom is -0.341 e. The molecule has 2 N–H and O–H groups in total. The van der Waals surface area contributed by atoms with E-state index in [0.29, 0.717) is 11.8 Å². The molecule has 1 saturated carbocycles. The molecule has 2 fully saturated rings. The topological polar surface area (TPSA) is 85.2 Å². The summed E-state index contributed by atoms with van der Waals surface area (Å²) in [7, 11) is 0. The molecular formula is C15H24N4O2. The second-order valence-corrected chi connectivity index (χ2v) is 6.56. The van der Waals surface area contributed by atoms with E-state index >= 15 is 0 Å². The predicted octanol–water partition coefficient (Wildman–Crippen LogP) is 1.43. The molecule has 6 nitrogen and oxygen atoms in total. The molecule has 0 aromatic carbocycles. The van der Waals surface area contributed by atoms with Crippen molar-refractivity contribution in [3.05, 3.63) is 11.7 Å². The van der Waals surface area contributed by atoms with E-state index in [-0.39, 0.29) is 5.91 Å². The predicted molar refractivity (Wildman–Crippen MR) is 77.4 cm³/mol. The van der Waals surface area contributed by atoms with Gasteiger partial charge in [0, 0.05) is 26.4 Å². The molecule has 116 valence electrons. The molecule has 1 aliphatic heterocycles. The lowest BCUT2D eigenvalue weighted by molar-refractivity contribution is -0.138. The maximum atomic E-state index is 12.7. The van der Waals surface area contributed by atoms with Crippen LogP contribution in [0, 0.1) is 12.8 Å². The molecule has 0 bridgehead atoms. The summed E-state index contributed by atoms with van der Waals surface area (Å²) in [5, 5.41) is 3.96. The van der Waals surface area contributed by atoms with Crippen molar-refractivity contribution in [2.24, 2.45) is 11.7 Å². The van der Waals surface area contributed by atoms with Crippen molar-refractivity contribution in [2.45, 2.75) is 57.4 Å². The lowest BCUT2D eigenvalue weighted by atomic mass is 9.91. The van der Waals surface area contributed by atoms with Gasteiger partial charge in [-0.25, -0.2) is 0 Å². The molecule has 6 heteroatoms. The average molecular weight is 292 g/mol. The molecule has 1 aliphatic carbocycles. The first kappa shape index (κ1) is 14.5. The summed E-state index contributed by atoms with van der Waals surface area (Å²) in [6, 6.07) is 0. The highest BCUT2D eigenvalue weighted by molar-refractivity contribution is 5.86. The standard InChI is InChI=1S/C15H24N4O2/c1-11-17-13(18-21-11)9-12-5-4-8-19(10-12)14(20)15(16)6-2-3-7-15/h12H,2-10,16H2,1H3/t12-/m1/s1. The molecule has 21 heavy (non-hydrogen) atoms. The van der Waals surface area contributed by atoms with Gasteiger partial charge in [-0.1, -0.05) is 18.0 Å². The molecule has 1 aromatic heterocycles. The summed E-state index contributed by atoms with van der Waals surface area (Å²) in [6.45, 7) is 3.40. The number of likely N-dealkylation sites (tertiary alicyclic amines) is 1. The fourth-order valence-electron chi connectivity index (χ4n) is 3.63. The minimum absolute atomic E-state index is 0.147. The molecule has 3 rings (SSSR count). The molecule has 2 heterocycles. The largest absolute Gasteiger partial charge is 0.341 e. The Labute approximate surface area is 125 Å². The molecule has 0 unspecified atom stereocenters. The van der Waals surface area contributed by atoms with Gasteiger partial charge in [0.25, 0.3) is 0 Å². The van der Waals surface area contributed by atoms with Crippen molar-refractivity contribution in [1.82, 2.24) is 15.0 Å². The SMILES string of the molecule is Cc1nc(C[C@H]2CCCN(C(=O)C3(N)CCCC3)C2)no1. The molecule has 1 aromatic rings. The highest BCUT2D eigenvalue weighted by atomic mass is 16.5. The molecule has 1 amide bonds. The van der Waals surface area contributed by atoms with Crippen LogP contribution in [-0.2, 0) is 11.2 Å². The summed E-state index contributed by atoms with van der Waals surface area (Å²) in [5.74, 6) is 1.90. The third-order valence-electron chi connectivity index (χ3n) is 4.77. The number of carbonyl (C=O) groups is 1. The van der Waals surface area contributed by atoms with Gasteiger partial charge >= 0.3 is 0 Å². The van der Waals surface area contributed by atoms with Gasteiger partial charge in [0.15, 0.2) is 5.82 Å². The fraction of sp³-hybridized carbons (Fsp3) is 0.800. The Kier molecular flexibility index (Phi) is 3.97. The normalized spacial score (nSPS) is 25.2. The van der Waals surface area contributed by atoms with E-state index in [0.717, 1.165) is 63.9 Å². The van der Waals surface area contributed by atoms with E-state index in [2.05, 4.69) is 10.1 Å². The Hall–Kier alpha value is -1.43. The van der Waals surface area contributed by atoms with E-state index in [9.17, 15) is 4.79 Å². The van der Waals surface area contributed by atoms with Gasteiger partial charge in [-0.2, -0.15) is 4.98 Å². The number of nitrogens with zero attached hydrogens (tertiary/aromatic N) is 3. The molecule has 0 spiro atoms. The van der Waals surface area contributed by atoms with E-state index < -0.39 is 5.54 Å². The number of rotatable bonds is 3. The van der Waals surface area contributed by atoms with Crippen molar-refractivity contribution < 1.29 is 9.32 Å². The van der Waals surface area contributed by atoms with Gasteiger partial charge in [0.05, 0.1) is 5.54 Å². The zero-order chi connectivity index (χ0) is 14.9. The average Bonchev–Trinajstić information content (AvgIpc) is 3.08. The number of amides is 1. The quantitative estimate of drug-likeness (QED) is 0.911. The minimum atomic E-state index is -0.607. The van der Waals surface area contributed by atoms with Crippen molar-refractivity contribution in [3.8, 4) is 0 Å². The van der Waals surface area contributed by atoms with Crippen LogP contribution >= 0.6 is 0 Å². The lowest BCUT2D eigenvalue weighted by Crippen LogP contribution is -2.55. The van der Waals surface area contributed by atoms with Gasteiger partial charge in [0.1, 0.15) is 0 Å². The van der Waals surface area contributed by atoms with E-state index in [4.69, 9.17) is 10.3 Å². The zero-order valence-electron chi connectivity index (χ0n) is 12.7. The summed E-state index contributed by atoms with van der Waals surface area (Å²) < 4.78 is 5.02. The summed E-state index contributed by atoms with van der Waals surface area (Å²) in [6.07, 6.45) is 6.72. The summed E-state index contributed by atoms with van der Waals surface area (Å²) in [4.78, 5) is 18.9. The van der Waals surface area contributed by atoms with E-state index in [1.807, 2.05) is 4.90 Å². The van der Waals surface area contributed by atoms with Crippen LogP contribution in [0.4, 0.5) is 0 Å². The Morgan fingerprint density at radius 3 is 2.86 bits per heavy atom. The van der Waals surface area contributed by atoms with Crippen molar-refractivity contribution in [3.63, 3.8) is 0 Å². The number of aryl methyl sites for hydroxylation is 1. The Bertz CT molecular complexity index is 508. The van der Waals surface area contributed by atoms with Gasteiger partial charge in [0.2, 0.25) is 11.8 Å². The number of nitrogens with two attached hydrogens (primary N) is 1. The van der Waals surface area contributed by atoms with Crippen LogP contribution < -0.4 is 5.73 Å². The fourth-order valence-corrected chi connectivity index (χ4v) is 3.63. The molecule has 0 radical (unpaired) electrons. The van der Waals surface area contributed by atoms with Crippen molar-refractivity contribution >= 4 is 5.91 Å². The first-order chi connectivity index (χ1) is 10.1. The molecular weight excluding hydrogens is 268 g/mol. The Morgan fingerprint density at radius 1 is 1.43 bits per heavy atom. The van der Waals surface area contributed by atoms with E-state index in [1.54, 1.807) is 6.92 Å². The summed E-state index contributed by atoms with van der Waals surface area (Å²) in [5.41, 5.74) is 5.70. The highest BCUT2D eigenvalue weighted by Gasteiger charge is 2.41. The monoisotopic (exact) mass is 292 g/mol. The van der Waals surface area contributed by atoms with Crippen molar-refractivity contribution in [1.29, 1.82) is 0 Å². The third-order valence-corrected chi connectivity index (χ3v) is 4.77. The molecule has 1 atom stereocenters. The summed E-state index contributed by atoms with van der Waals surface area (Å²) >= 11 is 0. The number of carbonyl (C=O) groups excluding carboxylic acids is 1. The van der Waals surface area contributed by atoms with Gasteiger partial charge in [-0.05, 0) is 31.6 Å². The second-order valence-electron chi connectivity index (χ2n) is 6.56. The highest BCUT2D eigenvalue weighted by Crippen LogP contribution is 2.31.